The summed E-state index contributed by atoms with van der Waals surface area (Å²) in [6.07, 6.45) is 0.990. The van der Waals surface area contributed by atoms with Crippen LogP contribution in [0.25, 0.3) is 0 Å². The van der Waals surface area contributed by atoms with Gasteiger partial charge in [-0.1, -0.05) is 37.3 Å². The first-order chi connectivity index (χ1) is 10.6. The van der Waals surface area contributed by atoms with Gasteiger partial charge in [0.05, 0.1) is 24.0 Å². The summed E-state index contributed by atoms with van der Waals surface area (Å²) in [4.78, 5) is 21.8. The highest BCUT2D eigenvalue weighted by Crippen LogP contribution is 2.18. The molecule has 0 aliphatic carbocycles. The van der Waals surface area contributed by atoms with Gasteiger partial charge in [0, 0.05) is 0 Å². The van der Waals surface area contributed by atoms with Gasteiger partial charge in [0.25, 0.3) is 0 Å². The molecule has 0 heterocycles. The first-order valence-electron chi connectivity index (χ1n) is 7.80. The minimum absolute atomic E-state index is 0.240. The number of carboxylic acids is 2. The van der Waals surface area contributed by atoms with Gasteiger partial charge < -0.3 is 14.9 Å². The molecular weight excluding hydrogens is 296 g/mol. The third kappa shape index (κ3) is 9.68. The Morgan fingerprint density at radius 2 is 1.39 bits per heavy atom. The highest BCUT2D eigenvalue weighted by molar-refractivity contribution is 5.79. The molecule has 5 nitrogen and oxygen atoms in total. The summed E-state index contributed by atoms with van der Waals surface area (Å²) in [5.41, 5.74) is 0.836. The van der Waals surface area contributed by atoms with Gasteiger partial charge in [-0.3, -0.25) is 9.59 Å². The lowest BCUT2D eigenvalue weighted by atomic mass is 9.88. The highest BCUT2D eigenvalue weighted by atomic mass is 16.5. The van der Waals surface area contributed by atoms with Gasteiger partial charge in [-0.2, -0.15) is 0 Å². The van der Waals surface area contributed by atoms with Crippen molar-refractivity contribution in [2.24, 2.45) is 11.8 Å². The highest BCUT2D eigenvalue weighted by Gasteiger charge is 2.29. The summed E-state index contributed by atoms with van der Waals surface area (Å²) in [6, 6.07) is 9.04. The van der Waals surface area contributed by atoms with Crippen LogP contribution in [0.5, 0.6) is 0 Å². The maximum absolute atomic E-state index is 11.0. The topological polar surface area (TPSA) is 83.8 Å². The molecule has 0 bridgehead atoms. The molecule has 130 valence electrons. The molecule has 0 fully saturated rings. The molecule has 0 saturated heterocycles. The minimum Gasteiger partial charge on any atom is -0.481 e. The molecule has 1 aromatic carbocycles. The van der Waals surface area contributed by atoms with Gasteiger partial charge in [-0.05, 0) is 39.7 Å². The first-order valence-corrected chi connectivity index (χ1v) is 7.80. The molecule has 2 N–H and O–H groups in total. The van der Waals surface area contributed by atoms with Crippen LogP contribution in [0.3, 0.4) is 0 Å². The molecule has 0 aliphatic rings. The van der Waals surface area contributed by atoms with Crippen molar-refractivity contribution in [3.05, 3.63) is 35.9 Å². The van der Waals surface area contributed by atoms with Crippen LogP contribution in [-0.2, 0) is 20.7 Å². The van der Waals surface area contributed by atoms with E-state index in [1.54, 1.807) is 24.3 Å². The van der Waals surface area contributed by atoms with Crippen molar-refractivity contribution in [2.75, 3.05) is 0 Å². The fourth-order valence-electron chi connectivity index (χ4n) is 2.06. The molecule has 1 aromatic rings. The monoisotopic (exact) mass is 324 g/mol. The normalized spacial score (nSPS) is 13.2. The second-order valence-corrected chi connectivity index (χ2v) is 5.99. The molecule has 0 radical (unpaired) electrons. The number of ether oxygens (including phenoxy) is 1. The Morgan fingerprint density at radius 1 is 0.913 bits per heavy atom. The summed E-state index contributed by atoms with van der Waals surface area (Å²) in [7, 11) is 0. The van der Waals surface area contributed by atoms with Crippen molar-refractivity contribution >= 4 is 11.9 Å². The van der Waals surface area contributed by atoms with Crippen LogP contribution in [0.1, 0.15) is 40.2 Å². The van der Waals surface area contributed by atoms with Crippen molar-refractivity contribution < 1.29 is 24.5 Å². The van der Waals surface area contributed by atoms with Crippen molar-refractivity contribution in [3.8, 4) is 0 Å². The van der Waals surface area contributed by atoms with Crippen LogP contribution < -0.4 is 0 Å². The van der Waals surface area contributed by atoms with Gasteiger partial charge in [-0.15, -0.1) is 0 Å². The lowest BCUT2D eigenvalue weighted by Crippen LogP contribution is -2.29. The first kappa shape index (κ1) is 21.1. The van der Waals surface area contributed by atoms with Gasteiger partial charge in [-0.25, -0.2) is 0 Å². The van der Waals surface area contributed by atoms with Crippen LogP contribution in [0.15, 0.2) is 30.3 Å². The van der Waals surface area contributed by atoms with Gasteiger partial charge in [0.15, 0.2) is 0 Å². The Labute approximate surface area is 138 Å². The van der Waals surface area contributed by atoms with E-state index in [-0.39, 0.29) is 6.42 Å². The summed E-state index contributed by atoms with van der Waals surface area (Å²) in [5, 5.41) is 17.8. The fourth-order valence-corrected chi connectivity index (χ4v) is 2.06. The van der Waals surface area contributed by atoms with E-state index in [0.717, 1.165) is 5.56 Å². The van der Waals surface area contributed by atoms with E-state index in [9.17, 15) is 9.59 Å². The molecule has 0 amide bonds. The molecule has 0 aliphatic heterocycles. The zero-order valence-electron chi connectivity index (χ0n) is 14.5. The lowest BCUT2D eigenvalue weighted by Gasteiger charge is -2.16. The van der Waals surface area contributed by atoms with Crippen LogP contribution in [0, 0.1) is 11.8 Å². The summed E-state index contributed by atoms with van der Waals surface area (Å²) < 4.78 is 5.25. The number of hydrogen-bond acceptors (Lipinski definition) is 3. The average Bonchev–Trinajstić information content (AvgIpc) is 2.44. The van der Waals surface area contributed by atoms with E-state index >= 15 is 0 Å². The largest absolute Gasteiger partial charge is 0.481 e. The number of carbonyl (C=O) groups is 2. The van der Waals surface area contributed by atoms with E-state index in [1.807, 2.05) is 33.8 Å². The number of hydrogen-bond donors (Lipinski definition) is 2. The molecule has 23 heavy (non-hydrogen) atoms. The van der Waals surface area contributed by atoms with Crippen molar-refractivity contribution in [1.82, 2.24) is 0 Å². The average molecular weight is 324 g/mol. The van der Waals surface area contributed by atoms with Gasteiger partial charge in [0.2, 0.25) is 0 Å². The number of rotatable bonds is 7. The molecule has 0 aromatic heterocycles. The smallest absolute Gasteiger partial charge is 0.307 e. The Kier molecular flexibility index (Phi) is 9.90. The van der Waals surface area contributed by atoms with Crippen LogP contribution >= 0.6 is 0 Å². The second-order valence-electron chi connectivity index (χ2n) is 5.99. The van der Waals surface area contributed by atoms with Crippen LogP contribution in [0.4, 0.5) is 0 Å². The van der Waals surface area contributed by atoms with Gasteiger partial charge in [0.1, 0.15) is 0 Å². The quantitative estimate of drug-likeness (QED) is 0.802. The zero-order valence-corrected chi connectivity index (χ0v) is 14.5. The van der Waals surface area contributed by atoms with E-state index in [0.29, 0.717) is 12.2 Å². The van der Waals surface area contributed by atoms with Gasteiger partial charge >= 0.3 is 11.9 Å². The fraction of sp³-hybridized carbons (Fsp3) is 0.556. The van der Waals surface area contributed by atoms with E-state index in [2.05, 4.69) is 0 Å². The Morgan fingerprint density at radius 3 is 1.70 bits per heavy atom. The SMILES string of the molecule is CC(C)OC(C)C.C[C@H](C(=O)O)[C@@H](Cc1ccccc1)C(=O)O. The van der Waals surface area contributed by atoms with Crippen LogP contribution in [-0.4, -0.2) is 34.4 Å². The third-order valence-corrected chi connectivity index (χ3v) is 3.15. The molecule has 0 saturated carbocycles. The van der Waals surface area contributed by atoms with Crippen molar-refractivity contribution in [2.45, 2.75) is 53.2 Å². The predicted octanol–water partition coefficient (Wildman–Crippen LogP) is 3.47. The molecule has 0 spiro atoms. The minimum atomic E-state index is -1.08. The molecule has 1 rings (SSSR count). The van der Waals surface area contributed by atoms with E-state index in [1.165, 1.54) is 6.92 Å². The molecule has 2 atom stereocenters. The summed E-state index contributed by atoms with van der Waals surface area (Å²) in [5.74, 6) is -3.93. The Balaban J connectivity index is 0.000000585. The molecule has 5 heteroatoms. The number of aliphatic carboxylic acids is 2. The number of carboxylic acid groups (broad SMARTS) is 2. The maximum Gasteiger partial charge on any atom is 0.307 e. The zero-order chi connectivity index (χ0) is 18.0. The summed E-state index contributed by atoms with van der Waals surface area (Å²) in [6.45, 7) is 9.59. The summed E-state index contributed by atoms with van der Waals surface area (Å²) >= 11 is 0. The standard InChI is InChI=1S/C12H14O4.C6H14O/c1-8(11(13)14)10(12(15)16)7-9-5-3-2-4-6-9;1-5(2)7-6(3)4/h2-6,8,10H,7H2,1H3,(H,13,14)(H,15,16);5-6H,1-4H3/t8-,10+;/m0./s1. The Hall–Kier alpha value is -1.88. The molecule has 0 unspecified atom stereocenters. The predicted molar refractivity (Wildman–Crippen MR) is 89.4 cm³/mol. The second kappa shape index (κ2) is 10.8. The third-order valence-electron chi connectivity index (χ3n) is 3.15. The number of benzene rings is 1. The maximum atomic E-state index is 11.0. The van der Waals surface area contributed by atoms with Crippen molar-refractivity contribution in [3.63, 3.8) is 0 Å². The van der Waals surface area contributed by atoms with Crippen LogP contribution in [0.2, 0.25) is 0 Å². The van der Waals surface area contributed by atoms with E-state index in [4.69, 9.17) is 14.9 Å². The van der Waals surface area contributed by atoms with Crippen molar-refractivity contribution in [1.29, 1.82) is 0 Å². The lowest BCUT2D eigenvalue weighted by molar-refractivity contribution is -0.152. The van der Waals surface area contributed by atoms with E-state index < -0.39 is 23.8 Å². The Bertz CT molecular complexity index is 462. The molecular formula is C18H28O5.